The van der Waals surface area contributed by atoms with Gasteiger partial charge in [-0.15, -0.1) is 0 Å². The van der Waals surface area contributed by atoms with E-state index in [1.54, 1.807) is 6.07 Å². The third-order valence-corrected chi connectivity index (χ3v) is 1.97. The molecule has 0 atom stereocenters. The number of amides is 1. The van der Waals surface area contributed by atoms with Crippen LogP contribution in [-0.2, 0) is 0 Å². The Hall–Kier alpha value is 0.0164. The molecule has 68 valence electrons. The van der Waals surface area contributed by atoms with Gasteiger partial charge in [0.25, 0.3) is 0 Å². The molecular formula is C7H6ClKN4O. The summed E-state index contributed by atoms with van der Waals surface area (Å²) in [6, 6.07) is 1.05. The standard InChI is InChI=1S/C7H5ClN4O.K.H/c8-5-4-1-2-12(7(9)13)6(4)11-3-10-5;;/h1-3H,(H2,9,13);;/q;+1;-1. The number of primary amides is 1. The van der Waals surface area contributed by atoms with Crippen molar-refractivity contribution in [3.63, 3.8) is 0 Å². The maximum Gasteiger partial charge on any atom is 1.00 e. The summed E-state index contributed by atoms with van der Waals surface area (Å²) in [6.07, 6.45) is 2.79. The van der Waals surface area contributed by atoms with Gasteiger partial charge in [0.2, 0.25) is 0 Å². The van der Waals surface area contributed by atoms with Crippen molar-refractivity contribution in [3.05, 3.63) is 23.7 Å². The average molecular weight is 237 g/mol. The van der Waals surface area contributed by atoms with Gasteiger partial charge in [-0.3, -0.25) is 4.57 Å². The molecule has 0 aliphatic carbocycles. The van der Waals surface area contributed by atoms with Crippen molar-refractivity contribution in [3.8, 4) is 0 Å². The van der Waals surface area contributed by atoms with E-state index < -0.39 is 6.03 Å². The summed E-state index contributed by atoms with van der Waals surface area (Å²) >= 11 is 5.76. The molecule has 2 aromatic rings. The van der Waals surface area contributed by atoms with Crippen molar-refractivity contribution >= 4 is 28.7 Å². The Morgan fingerprint density at radius 1 is 1.57 bits per heavy atom. The molecule has 2 N–H and O–H groups in total. The number of nitrogens with zero attached hydrogens (tertiary/aromatic N) is 3. The van der Waals surface area contributed by atoms with E-state index in [-0.39, 0.29) is 52.8 Å². The summed E-state index contributed by atoms with van der Waals surface area (Å²) in [5, 5.41) is 0.924. The Kier molecular flexibility index (Phi) is 4.05. The molecule has 5 nitrogen and oxygen atoms in total. The summed E-state index contributed by atoms with van der Waals surface area (Å²) in [4.78, 5) is 18.5. The monoisotopic (exact) mass is 236 g/mol. The van der Waals surface area contributed by atoms with Gasteiger partial charge in [0.05, 0.1) is 5.39 Å². The molecule has 0 bridgehead atoms. The van der Waals surface area contributed by atoms with Crippen LogP contribution in [0.4, 0.5) is 4.79 Å². The Bertz CT molecular complexity index is 489. The molecule has 2 aromatic heterocycles. The Morgan fingerprint density at radius 2 is 2.29 bits per heavy atom. The second-order valence-corrected chi connectivity index (χ2v) is 2.78. The predicted octanol–water partition coefficient (Wildman–Crippen LogP) is -1.87. The van der Waals surface area contributed by atoms with Crippen molar-refractivity contribution in [1.29, 1.82) is 0 Å². The Labute approximate surface area is 129 Å². The number of halogens is 1. The Balaban J connectivity index is 0.000000980. The fourth-order valence-electron chi connectivity index (χ4n) is 1.10. The molecule has 0 unspecified atom stereocenters. The van der Waals surface area contributed by atoms with Gasteiger partial charge in [0, 0.05) is 6.20 Å². The number of rotatable bonds is 0. The molecule has 14 heavy (non-hydrogen) atoms. The molecule has 0 spiro atoms. The van der Waals surface area contributed by atoms with Crippen molar-refractivity contribution in [2.75, 3.05) is 0 Å². The van der Waals surface area contributed by atoms with Crippen molar-refractivity contribution in [2.24, 2.45) is 5.73 Å². The first kappa shape index (κ1) is 12.1. The van der Waals surface area contributed by atoms with Gasteiger partial charge in [-0.25, -0.2) is 14.8 Å². The molecule has 2 heterocycles. The fraction of sp³-hybridized carbons (Fsp3) is 0. The van der Waals surface area contributed by atoms with Crippen LogP contribution in [0.5, 0.6) is 0 Å². The predicted molar refractivity (Wildman–Crippen MR) is 48.6 cm³/mol. The summed E-state index contributed by atoms with van der Waals surface area (Å²) in [6.45, 7) is 0. The van der Waals surface area contributed by atoms with E-state index in [0.717, 1.165) is 0 Å². The van der Waals surface area contributed by atoms with Crippen LogP contribution in [0.25, 0.3) is 11.0 Å². The van der Waals surface area contributed by atoms with E-state index in [4.69, 9.17) is 17.3 Å². The van der Waals surface area contributed by atoms with Gasteiger partial charge in [0.15, 0.2) is 5.65 Å². The summed E-state index contributed by atoms with van der Waals surface area (Å²) in [5.41, 5.74) is 5.52. The van der Waals surface area contributed by atoms with Crippen LogP contribution < -0.4 is 57.1 Å². The van der Waals surface area contributed by atoms with Crippen molar-refractivity contribution < 1.29 is 57.6 Å². The second kappa shape index (κ2) is 4.69. The van der Waals surface area contributed by atoms with E-state index >= 15 is 0 Å². The SMILES string of the molecule is NC(=O)n1ccc2c(Cl)ncnc21.[H-].[K+]. The molecule has 0 aliphatic heterocycles. The van der Waals surface area contributed by atoms with Crippen LogP contribution in [0, 0.1) is 0 Å². The van der Waals surface area contributed by atoms with E-state index in [2.05, 4.69) is 9.97 Å². The second-order valence-electron chi connectivity index (χ2n) is 2.43. The van der Waals surface area contributed by atoms with Gasteiger partial charge in [-0.1, -0.05) is 11.6 Å². The maximum atomic E-state index is 10.9. The topological polar surface area (TPSA) is 73.8 Å². The van der Waals surface area contributed by atoms with Crippen LogP contribution in [0.2, 0.25) is 5.15 Å². The molecule has 1 amide bonds. The van der Waals surface area contributed by atoms with Gasteiger partial charge in [-0.2, -0.15) is 0 Å². The maximum absolute atomic E-state index is 10.9. The molecule has 0 saturated carbocycles. The zero-order chi connectivity index (χ0) is 9.42. The van der Waals surface area contributed by atoms with Gasteiger partial charge < -0.3 is 7.16 Å². The summed E-state index contributed by atoms with van der Waals surface area (Å²) in [7, 11) is 0. The molecule has 0 saturated heterocycles. The van der Waals surface area contributed by atoms with Crippen LogP contribution in [0.15, 0.2) is 18.6 Å². The number of carbonyl (C=O) groups is 1. The smallest absolute Gasteiger partial charge is 1.00 e. The van der Waals surface area contributed by atoms with Crippen LogP contribution >= 0.6 is 11.6 Å². The minimum Gasteiger partial charge on any atom is -1.00 e. The van der Waals surface area contributed by atoms with Gasteiger partial charge in [0.1, 0.15) is 11.5 Å². The van der Waals surface area contributed by atoms with E-state index in [1.807, 2.05) is 0 Å². The molecule has 2 rings (SSSR count). The minimum atomic E-state index is -0.593. The van der Waals surface area contributed by atoms with E-state index in [9.17, 15) is 4.79 Å². The number of fused-ring (bicyclic) bond motifs is 1. The van der Waals surface area contributed by atoms with Gasteiger partial charge in [-0.05, 0) is 6.07 Å². The number of aromatic nitrogens is 3. The largest absolute Gasteiger partial charge is 1.00 e. The first-order valence-electron chi connectivity index (χ1n) is 3.47. The minimum absolute atomic E-state index is 0. The normalized spacial score (nSPS) is 9.79. The number of nitrogens with two attached hydrogens (primary N) is 1. The van der Waals surface area contributed by atoms with Crippen molar-refractivity contribution in [2.45, 2.75) is 0 Å². The third kappa shape index (κ3) is 2.00. The first-order chi connectivity index (χ1) is 6.20. The number of hydrogen-bond donors (Lipinski definition) is 1. The number of carbonyl (C=O) groups excluding carboxylic acids is 1. The molecule has 0 radical (unpaired) electrons. The van der Waals surface area contributed by atoms with Crippen LogP contribution in [0.3, 0.4) is 0 Å². The third-order valence-electron chi connectivity index (χ3n) is 1.67. The van der Waals surface area contributed by atoms with Crippen LogP contribution in [0.1, 0.15) is 1.43 Å². The summed E-state index contributed by atoms with van der Waals surface area (Å²) in [5.74, 6) is 0. The van der Waals surface area contributed by atoms with Crippen molar-refractivity contribution in [1.82, 2.24) is 14.5 Å². The van der Waals surface area contributed by atoms with E-state index in [0.29, 0.717) is 16.2 Å². The average Bonchev–Trinajstić information content (AvgIpc) is 2.48. The fourth-order valence-corrected chi connectivity index (χ4v) is 1.29. The Morgan fingerprint density at radius 3 is 2.93 bits per heavy atom. The number of hydrogen-bond acceptors (Lipinski definition) is 3. The van der Waals surface area contributed by atoms with Crippen LogP contribution in [-0.4, -0.2) is 20.6 Å². The zero-order valence-corrected chi connectivity index (χ0v) is 11.3. The van der Waals surface area contributed by atoms with Gasteiger partial charge >= 0.3 is 57.4 Å². The molecular weight excluding hydrogens is 231 g/mol. The first-order valence-corrected chi connectivity index (χ1v) is 3.85. The summed E-state index contributed by atoms with van der Waals surface area (Å²) < 4.78 is 1.21. The molecule has 7 heteroatoms. The molecule has 0 fully saturated rings. The molecule has 0 aromatic carbocycles. The zero-order valence-electron chi connectivity index (χ0n) is 8.44. The quantitative estimate of drug-likeness (QED) is 0.430. The molecule has 0 aliphatic rings. The van der Waals surface area contributed by atoms with E-state index in [1.165, 1.54) is 17.1 Å².